The third-order valence-electron chi connectivity index (χ3n) is 2.89. The predicted octanol–water partition coefficient (Wildman–Crippen LogP) is -2.80. The fourth-order valence-electron chi connectivity index (χ4n) is 1.88. The van der Waals surface area contributed by atoms with E-state index in [2.05, 4.69) is 15.0 Å². The minimum atomic E-state index is -0.861. The number of nitrogens with two attached hydrogens (primary N) is 2. The van der Waals surface area contributed by atoms with E-state index in [0.717, 1.165) is 9.13 Å². The van der Waals surface area contributed by atoms with Crippen LogP contribution in [0, 0.1) is 11.3 Å². The van der Waals surface area contributed by atoms with Crippen molar-refractivity contribution in [3.8, 4) is 6.07 Å². The Kier molecular flexibility index (Phi) is 4.50. The van der Waals surface area contributed by atoms with E-state index in [4.69, 9.17) is 16.7 Å². The number of aromatic amines is 1. The van der Waals surface area contributed by atoms with Crippen LogP contribution in [0.2, 0.25) is 0 Å². The summed E-state index contributed by atoms with van der Waals surface area (Å²) in [5, 5.41) is 8.54. The Hall–Kier alpha value is -3.49. The number of anilines is 2. The van der Waals surface area contributed by atoms with E-state index in [9.17, 15) is 14.4 Å². The largest absolute Gasteiger partial charge is 0.368 e. The van der Waals surface area contributed by atoms with Crippen molar-refractivity contribution in [2.45, 2.75) is 25.9 Å². The van der Waals surface area contributed by atoms with E-state index in [-0.39, 0.29) is 43.7 Å². The van der Waals surface area contributed by atoms with Gasteiger partial charge in [-0.05, 0) is 0 Å². The van der Waals surface area contributed by atoms with Gasteiger partial charge >= 0.3 is 17.1 Å². The SMILES string of the molecule is N#CCCn1c(=O)[nH]c(=O)n(CCc2nc(N)nc(N)n2)c1=O. The van der Waals surface area contributed by atoms with Crippen LogP contribution >= 0.6 is 0 Å². The standard InChI is InChI=1S/C11H13N9O3/c12-3-1-4-19-9(21)18-10(22)20(11(19)23)5-2-6-15-7(13)17-8(14)16-6/h1-2,4-5H2,(H,18,21,22)(H4,13,14,15,16,17). The number of H-pyrrole nitrogens is 1. The fraction of sp³-hybridized carbons (Fsp3) is 0.364. The number of nitriles is 1. The summed E-state index contributed by atoms with van der Waals surface area (Å²) in [5.41, 5.74) is 8.33. The van der Waals surface area contributed by atoms with Gasteiger partial charge in [0, 0.05) is 19.5 Å². The van der Waals surface area contributed by atoms with Gasteiger partial charge in [-0.2, -0.15) is 20.2 Å². The number of hydrogen-bond donors (Lipinski definition) is 3. The molecule has 0 unspecified atom stereocenters. The molecule has 0 aliphatic rings. The maximum absolute atomic E-state index is 12.2. The molecule has 2 aromatic rings. The molecule has 0 amide bonds. The van der Waals surface area contributed by atoms with Crippen LogP contribution in [0.15, 0.2) is 14.4 Å². The Morgan fingerprint density at radius 3 is 2.13 bits per heavy atom. The first-order valence-corrected chi connectivity index (χ1v) is 6.49. The summed E-state index contributed by atoms with van der Waals surface area (Å²) in [6.45, 7) is -0.208. The third kappa shape index (κ3) is 3.59. The lowest BCUT2D eigenvalue weighted by Crippen LogP contribution is -2.49. The highest BCUT2D eigenvalue weighted by molar-refractivity contribution is 5.25. The second-order valence-electron chi connectivity index (χ2n) is 4.45. The lowest BCUT2D eigenvalue weighted by molar-refractivity contribution is 0.509. The number of nitrogens with zero attached hydrogens (tertiary/aromatic N) is 6. The average molecular weight is 319 g/mol. The highest BCUT2D eigenvalue weighted by atomic mass is 16.2. The fourth-order valence-corrected chi connectivity index (χ4v) is 1.88. The Bertz CT molecular complexity index is 913. The predicted molar refractivity (Wildman–Crippen MR) is 78.2 cm³/mol. The minimum Gasteiger partial charge on any atom is -0.368 e. The number of nitrogen functional groups attached to an aromatic ring is 2. The number of hydrogen-bond acceptors (Lipinski definition) is 9. The molecule has 0 aliphatic carbocycles. The van der Waals surface area contributed by atoms with Crippen LogP contribution in [-0.2, 0) is 19.5 Å². The van der Waals surface area contributed by atoms with Crippen LogP contribution in [0.3, 0.4) is 0 Å². The van der Waals surface area contributed by atoms with Gasteiger partial charge in [0.15, 0.2) is 0 Å². The molecule has 0 atom stereocenters. The molecular formula is C11H13N9O3. The van der Waals surface area contributed by atoms with E-state index in [1.165, 1.54) is 0 Å². The molecule has 0 bridgehead atoms. The summed E-state index contributed by atoms with van der Waals surface area (Å²) < 4.78 is 1.59. The zero-order valence-corrected chi connectivity index (χ0v) is 11.9. The molecule has 2 rings (SSSR count). The van der Waals surface area contributed by atoms with Crippen molar-refractivity contribution in [2.75, 3.05) is 11.5 Å². The van der Waals surface area contributed by atoms with Crippen LogP contribution in [0.25, 0.3) is 0 Å². The topological polar surface area (TPSA) is 191 Å². The van der Waals surface area contributed by atoms with E-state index < -0.39 is 17.1 Å². The van der Waals surface area contributed by atoms with Crippen LogP contribution in [0.5, 0.6) is 0 Å². The van der Waals surface area contributed by atoms with Crippen molar-refractivity contribution in [3.63, 3.8) is 0 Å². The van der Waals surface area contributed by atoms with Gasteiger partial charge in [-0.25, -0.2) is 23.5 Å². The smallest absolute Gasteiger partial charge is 0.336 e. The van der Waals surface area contributed by atoms with Gasteiger partial charge in [0.1, 0.15) is 5.82 Å². The molecule has 0 spiro atoms. The van der Waals surface area contributed by atoms with Crippen molar-refractivity contribution in [1.82, 2.24) is 29.1 Å². The summed E-state index contributed by atoms with van der Waals surface area (Å²) in [6, 6.07) is 1.82. The van der Waals surface area contributed by atoms with Crippen molar-refractivity contribution in [1.29, 1.82) is 5.26 Å². The summed E-state index contributed by atoms with van der Waals surface area (Å²) in [6.07, 6.45) is 0.0398. The molecule has 12 nitrogen and oxygen atoms in total. The zero-order valence-electron chi connectivity index (χ0n) is 11.9. The highest BCUT2D eigenvalue weighted by Gasteiger charge is 2.11. The van der Waals surface area contributed by atoms with Gasteiger partial charge in [0.05, 0.1) is 12.5 Å². The molecule has 0 radical (unpaired) electrons. The maximum atomic E-state index is 12.2. The molecule has 12 heteroatoms. The first kappa shape index (κ1) is 15.9. The van der Waals surface area contributed by atoms with E-state index in [1.807, 2.05) is 11.1 Å². The molecule has 0 aliphatic heterocycles. The van der Waals surface area contributed by atoms with Gasteiger partial charge in [0.25, 0.3) is 0 Å². The lowest BCUT2D eigenvalue weighted by atomic mass is 10.4. The van der Waals surface area contributed by atoms with E-state index in [0.29, 0.717) is 0 Å². The summed E-state index contributed by atoms with van der Waals surface area (Å²) in [5.74, 6) is 0.0524. The van der Waals surface area contributed by atoms with Gasteiger partial charge in [0.2, 0.25) is 11.9 Å². The molecule has 2 heterocycles. The Morgan fingerprint density at radius 1 is 1.00 bits per heavy atom. The third-order valence-corrected chi connectivity index (χ3v) is 2.89. The van der Waals surface area contributed by atoms with E-state index >= 15 is 0 Å². The Labute approximate surface area is 128 Å². The maximum Gasteiger partial charge on any atom is 0.336 e. The minimum absolute atomic E-state index is 0.0400. The average Bonchev–Trinajstić information content (AvgIpc) is 2.45. The lowest BCUT2D eigenvalue weighted by Gasteiger charge is -2.07. The first-order chi connectivity index (χ1) is 10.9. The van der Waals surface area contributed by atoms with E-state index in [1.54, 1.807) is 0 Å². The van der Waals surface area contributed by atoms with Crippen molar-refractivity contribution in [2.24, 2.45) is 0 Å². The van der Waals surface area contributed by atoms with Crippen LogP contribution < -0.4 is 28.5 Å². The first-order valence-electron chi connectivity index (χ1n) is 6.49. The zero-order chi connectivity index (χ0) is 17.0. The molecule has 0 saturated carbocycles. The number of aryl methyl sites for hydroxylation is 1. The normalized spacial score (nSPS) is 10.4. The molecule has 0 fully saturated rings. The van der Waals surface area contributed by atoms with Gasteiger partial charge < -0.3 is 11.5 Å². The molecule has 0 aromatic carbocycles. The molecule has 5 N–H and O–H groups in total. The van der Waals surface area contributed by atoms with Gasteiger partial charge in [-0.15, -0.1) is 0 Å². The molecular weight excluding hydrogens is 306 g/mol. The van der Waals surface area contributed by atoms with Gasteiger partial charge in [-0.1, -0.05) is 0 Å². The number of aromatic nitrogens is 6. The molecule has 2 aromatic heterocycles. The number of rotatable bonds is 5. The summed E-state index contributed by atoms with van der Waals surface area (Å²) >= 11 is 0. The second kappa shape index (κ2) is 6.52. The molecule has 0 saturated heterocycles. The Morgan fingerprint density at radius 2 is 1.57 bits per heavy atom. The summed E-state index contributed by atoms with van der Waals surface area (Å²) in [7, 11) is 0. The quantitative estimate of drug-likeness (QED) is 0.522. The number of nitrogens with one attached hydrogen (secondary N) is 1. The Balaban J connectivity index is 2.33. The summed E-state index contributed by atoms with van der Waals surface area (Å²) in [4.78, 5) is 48.8. The molecule has 23 heavy (non-hydrogen) atoms. The molecule has 120 valence electrons. The monoisotopic (exact) mass is 319 g/mol. The highest BCUT2D eigenvalue weighted by Crippen LogP contribution is 1.99. The van der Waals surface area contributed by atoms with Crippen molar-refractivity contribution in [3.05, 3.63) is 37.3 Å². The van der Waals surface area contributed by atoms with Crippen molar-refractivity contribution >= 4 is 11.9 Å². The van der Waals surface area contributed by atoms with Crippen molar-refractivity contribution < 1.29 is 0 Å². The van der Waals surface area contributed by atoms with Crippen LogP contribution in [-0.4, -0.2) is 29.1 Å². The van der Waals surface area contributed by atoms with Gasteiger partial charge in [-0.3, -0.25) is 4.98 Å². The van der Waals surface area contributed by atoms with Crippen LogP contribution in [0.1, 0.15) is 12.2 Å². The van der Waals surface area contributed by atoms with Crippen LogP contribution in [0.4, 0.5) is 11.9 Å². The second-order valence-corrected chi connectivity index (χ2v) is 4.45.